The molecule has 4 fully saturated rings. The quantitative estimate of drug-likeness (QED) is 0.0328. The Morgan fingerprint density at radius 3 is 1.47 bits per heavy atom. The topological polar surface area (TPSA) is 460 Å². The Morgan fingerprint density at radius 1 is 0.512 bits per heavy atom. The van der Waals surface area contributed by atoms with E-state index in [0.717, 1.165) is 24.3 Å². The molecule has 0 amide bonds. The summed E-state index contributed by atoms with van der Waals surface area (Å²) >= 11 is 0. The maximum Gasteiger partial charge on any atom is 0.330 e. The van der Waals surface area contributed by atoms with Crippen molar-refractivity contribution < 1.29 is 138 Å². The minimum atomic E-state index is -2.23. The number of ether oxygens (including phenoxy) is 10. The Bertz CT molecular complexity index is 3240. The lowest BCUT2D eigenvalue weighted by Gasteiger charge is -2.48. The van der Waals surface area contributed by atoms with E-state index in [4.69, 9.17) is 51.8 Å². The van der Waals surface area contributed by atoms with E-state index in [0.29, 0.717) is 11.1 Å². The van der Waals surface area contributed by atoms with Crippen molar-refractivity contribution in [1.29, 1.82) is 0 Å². The van der Waals surface area contributed by atoms with Crippen molar-refractivity contribution in [1.82, 2.24) is 0 Å². The highest BCUT2D eigenvalue weighted by molar-refractivity contribution is 5.89. The van der Waals surface area contributed by atoms with E-state index in [-0.39, 0.29) is 28.6 Å². The third kappa shape index (κ3) is 14.0. The molecule has 5 aromatic rings. The fraction of sp³-hybridized carbons (Fsp3) is 0.421. The van der Waals surface area contributed by atoms with Gasteiger partial charge in [-0.05, 0) is 78.7 Å². The Balaban J connectivity index is 1.06. The summed E-state index contributed by atoms with van der Waals surface area (Å²) in [7, 11) is 0. The molecule has 0 bridgehead atoms. The maximum atomic E-state index is 15.0. The number of hydrogen-bond donors (Lipinski definition) is 15. The molecule has 0 saturated carbocycles. The molecule has 4 aliphatic heterocycles. The number of carbonyl (C=O) groups excluding carboxylic acids is 2. The number of aromatic hydroxyl groups is 4. The van der Waals surface area contributed by atoms with Gasteiger partial charge >= 0.3 is 11.9 Å². The molecular weight excluding hydrogens is 1150 g/mol. The lowest BCUT2D eigenvalue weighted by Crippen LogP contribution is -2.67. The van der Waals surface area contributed by atoms with Crippen molar-refractivity contribution >= 4 is 35.1 Å². The largest absolute Gasteiger partial charge is 0.508 e. The van der Waals surface area contributed by atoms with Crippen molar-refractivity contribution in [2.24, 2.45) is 0 Å². The van der Waals surface area contributed by atoms with Crippen molar-refractivity contribution in [3.63, 3.8) is 0 Å². The van der Waals surface area contributed by atoms with Crippen LogP contribution in [0, 0.1) is 0 Å². The smallest absolute Gasteiger partial charge is 0.330 e. The molecule has 0 radical (unpaired) electrons. The minimum Gasteiger partial charge on any atom is -0.508 e. The van der Waals surface area contributed by atoms with Crippen LogP contribution in [0.5, 0.6) is 34.5 Å². The Hall–Kier alpha value is -7.37. The van der Waals surface area contributed by atoms with Gasteiger partial charge in [0.25, 0.3) is 0 Å². The van der Waals surface area contributed by atoms with Gasteiger partial charge in [0, 0.05) is 29.8 Å². The Morgan fingerprint density at radius 2 is 0.965 bits per heavy atom. The fourth-order valence-electron chi connectivity index (χ4n) is 9.60. The van der Waals surface area contributed by atoms with Gasteiger partial charge in [-0.3, -0.25) is 4.79 Å². The van der Waals surface area contributed by atoms with Crippen LogP contribution in [0.4, 0.5) is 0 Å². The SMILES string of the molecule is C[C@@H]1O[C@@H](Oc2c(-c3ccc(O)cc3)oc3cc(O[C@@H]4O[C@H](CO)[C@@H](O)[C@H](O)[C@H]4O)cc(O)c3c2=O)[C@H](O[C@@H]2O[C@H](COC(=O)C=Cc3ccc(O)cc3)[C@@H](O)[C@H](O)[C@H]2O)[C@H](O[C@@H]2O[C@H](COC(=O)C=Cc3ccc(O)cc3)[C@@H](O)[C@H](O)[C@H]2O)[C@H]1O. The van der Waals surface area contributed by atoms with E-state index in [9.17, 15) is 91.0 Å². The lowest BCUT2D eigenvalue weighted by atomic mass is 9.96. The van der Waals surface area contributed by atoms with Crippen molar-refractivity contribution in [2.45, 2.75) is 130 Å². The van der Waals surface area contributed by atoms with E-state index >= 15 is 0 Å². The van der Waals surface area contributed by atoms with Crippen molar-refractivity contribution in [2.75, 3.05) is 19.8 Å². The first-order chi connectivity index (χ1) is 41.0. The van der Waals surface area contributed by atoms with Gasteiger partial charge in [0.15, 0.2) is 24.4 Å². The molecule has 29 heteroatoms. The molecular formula is C57H62O29. The number of phenolic OH excluding ortho intramolecular Hbond substituents is 4. The standard InChI is InChI=1S/C57H62O29/c1-23-39(65)51(84-55-48(74)45(71)41(67)34(82-55)21-76-36(63)16-6-24-2-10-27(59)11-3-24)53(86-56-49(75)46(72)42(68)35(83-56)22-77-37(64)17-7-25-4-12-28(60)13-5-25)57(78-23)85-52-43(69)38-31(62)18-30(79-54-47(73)44(70)40(66)33(20-58)81-54)19-32(38)80-50(52)26-8-14-29(61)15-9-26/h2-19,23,33-35,39-42,44-49,51,53-62,65-68,70-75H,20-22H2,1H3/t23-,33+,34+,35+,39-,40+,41+,42+,44-,45-,46-,47+,48+,49+,51+,53+,54+,55-,56-,57-/m0/s1. The highest BCUT2D eigenvalue weighted by Gasteiger charge is 2.55. The van der Waals surface area contributed by atoms with Gasteiger partial charge in [-0.2, -0.15) is 0 Å². The monoisotopic (exact) mass is 1210 g/mol. The minimum absolute atomic E-state index is 0.0157. The first kappa shape index (κ1) is 63.1. The highest BCUT2D eigenvalue weighted by atomic mass is 16.8. The number of esters is 2. The summed E-state index contributed by atoms with van der Waals surface area (Å²) in [4.78, 5) is 40.6. The lowest BCUT2D eigenvalue weighted by molar-refractivity contribution is -0.382. The molecule has 4 saturated heterocycles. The zero-order valence-electron chi connectivity index (χ0n) is 45.0. The highest BCUT2D eigenvalue weighted by Crippen LogP contribution is 2.41. The van der Waals surface area contributed by atoms with E-state index in [2.05, 4.69) is 0 Å². The van der Waals surface area contributed by atoms with Crippen LogP contribution in [0.1, 0.15) is 18.1 Å². The summed E-state index contributed by atoms with van der Waals surface area (Å²) in [6, 6.07) is 18.3. The fourth-order valence-corrected chi connectivity index (χ4v) is 9.60. The van der Waals surface area contributed by atoms with Gasteiger partial charge in [0.2, 0.25) is 23.8 Å². The van der Waals surface area contributed by atoms with Crippen LogP contribution in [0.2, 0.25) is 0 Å². The van der Waals surface area contributed by atoms with Gasteiger partial charge in [0.1, 0.15) is 138 Å². The molecule has 15 N–H and O–H groups in total. The molecule has 9 rings (SSSR count). The van der Waals surface area contributed by atoms with Crippen LogP contribution in [0.3, 0.4) is 0 Å². The molecule has 86 heavy (non-hydrogen) atoms. The predicted molar refractivity (Wildman–Crippen MR) is 286 cm³/mol. The van der Waals surface area contributed by atoms with E-state index in [1.807, 2.05) is 0 Å². The number of carbonyl (C=O) groups is 2. The first-order valence-electron chi connectivity index (χ1n) is 26.6. The number of phenols is 4. The zero-order chi connectivity index (χ0) is 61.8. The van der Waals surface area contributed by atoms with Crippen molar-refractivity contribution in [3.05, 3.63) is 118 Å². The summed E-state index contributed by atoms with van der Waals surface area (Å²) < 4.78 is 64.6. The molecule has 4 aliphatic rings. The van der Waals surface area contributed by atoms with E-state index in [1.165, 1.54) is 91.9 Å². The van der Waals surface area contributed by atoms with E-state index in [1.54, 1.807) is 0 Å². The second kappa shape index (κ2) is 27.1. The molecule has 0 spiro atoms. The van der Waals surface area contributed by atoms with Gasteiger partial charge < -0.3 is 128 Å². The summed E-state index contributed by atoms with van der Waals surface area (Å²) in [5.74, 6) is -4.81. The average molecular weight is 1210 g/mol. The second-order valence-electron chi connectivity index (χ2n) is 20.4. The summed E-state index contributed by atoms with van der Waals surface area (Å²) in [5, 5.41) is 161. The molecule has 0 aliphatic carbocycles. The van der Waals surface area contributed by atoms with Crippen molar-refractivity contribution in [3.8, 4) is 45.8 Å². The number of rotatable bonds is 18. The number of aliphatic hydroxyl groups is 11. The van der Waals surface area contributed by atoms with Crippen LogP contribution in [-0.2, 0) is 47.5 Å². The number of hydrogen-bond acceptors (Lipinski definition) is 29. The molecule has 4 aromatic carbocycles. The summed E-state index contributed by atoms with van der Waals surface area (Å²) in [5.41, 5.74) is -0.674. The molecule has 20 atom stereocenters. The Labute approximate surface area is 485 Å². The van der Waals surface area contributed by atoms with Crippen LogP contribution in [-0.4, -0.2) is 231 Å². The van der Waals surface area contributed by atoms with E-state index < -0.39 is 188 Å². The molecule has 0 unspecified atom stereocenters. The maximum absolute atomic E-state index is 15.0. The van der Waals surface area contributed by atoms with Gasteiger partial charge in [-0.25, -0.2) is 9.59 Å². The predicted octanol–water partition coefficient (Wildman–Crippen LogP) is -2.16. The van der Waals surface area contributed by atoms with Gasteiger partial charge in [-0.15, -0.1) is 0 Å². The van der Waals surface area contributed by atoms with Crippen LogP contribution < -0.4 is 14.9 Å². The third-order valence-electron chi connectivity index (χ3n) is 14.4. The zero-order valence-corrected chi connectivity index (χ0v) is 45.0. The number of fused-ring (bicyclic) bond motifs is 1. The molecule has 464 valence electrons. The number of benzene rings is 4. The van der Waals surface area contributed by atoms with Gasteiger partial charge in [-0.1, -0.05) is 24.3 Å². The molecule has 29 nitrogen and oxygen atoms in total. The first-order valence-corrected chi connectivity index (χ1v) is 26.6. The van der Waals surface area contributed by atoms with Gasteiger partial charge in [0.05, 0.1) is 12.7 Å². The summed E-state index contributed by atoms with van der Waals surface area (Å²) in [6.45, 7) is -1.13. The normalized spacial score (nSPS) is 33.2. The third-order valence-corrected chi connectivity index (χ3v) is 14.4. The second-order valence-corrected chi connectivity index (χ2v) is 20.4. The Kier molecular flexibility index (Phi) is 19.9. The average Bonchev–Trinajstić information content (AvgIpc) is 1.38. The molecule has 1 aromatic heterocycles. The van der Waals surface area contributed by atoms with Crippen LogP contribution in [0.25, 0.3) is 34.4 Å². The van der Waals surface area contributed by atoms with Crippen LogP contribution in [0.15, 0.2) is 106 Å². The van der Waals surface area contributed by atoms with Crippen LogP contribution >= 0.6 is 0 Å². The number of aliphatic hydroxyl groups excluding tert-OH is 11. The molecule has 5 heterocycles. The summed E-state index contributed by atoms with van der Waals surface area (Å²) in [6.07, 6.45) is -34.0.